The van der Waals surface area contributed by atoms with Gasteiger partial charge in [-0.15, -0.1) is 0 Å². The Bertz CT molecular complexity index is 1810. The van der Waals surface area contributed by atoms with E-state index < -0.39 is 5.41 Å². The van der Waals surface area contributed by atoms with Gasteiger partial charge in [-0.3, -0.25) is 9.59 Å². The number of piperidine rings is 1. The standard InChI is InChI=1S/C32H25ClFN5O3/c33-22-6-11-29(35-18-22)42-24-8-4-21(5-9-24)30(40)37-15-12-32(13-16-37)20-38(28-10-7-23(34)17-26(28)32)31(41)25-19-36-39-14-2-1-3-27(25)39/h1-11,14,17-19H,12-13,15-16,20H2. The first-order valence-corrected chi connectivity index (χ1v) is 14.0. The maximum absolute atomic E-state index is 14.5. The summed E-state index contributed by atoms with van der Waals surface area (Å²) in [4.78, 5) is 34.9. The van der Waals surface area contributed by atoms with E-state index in [1.807, 2.05) is 23.1 Å². The molecule has 2 aliphatic heterocycles. The monoisotopic (exact) mass is 581 g/mol. The summed E-state index contributed by atoms with van der Waals surface area (Å²) in [5.74, 6) is 0.364. The summed E-state index contributed by atoms with van der Waals surface area (Å²) in [5, 5.41) is 4.84. The number of hydrogen-bond acceptors (Lipinski definition) is 5. The molecule has 1 saturated heterocycles. The average molecular weight is 582 g/mol. The molecule has 0 unspecified atom stereocenters. The molecule has 8 nitrogen and oxygen atoms in total. The number of anilines is 1. The van der Waals surface area contributed by atoms with Crippen LogP contribution in [0.3, 0.4) is 0 Å². The van der Waals surface area contributed by atoms with Gasteiger partial charge in [-0.05, 0) is 79.1 Å². The third-order valence-electron chi connectivity index (χ3n) is 8.22. The highest BCUT2D eigenvalue weighted by Gasteiger charge is 2.47. The van der Waals surface area contributed by atoms with Crippen molar-refractivity contribution in [1.29, 1.82) is 0 Å². The van der Waals surface area contributed by atoms with Gasteiger partial charge in [-0.2, -0.15) is 5.10 Å². The van der Waals surface area contributed by atoms with Crippen LogP contribution in [0.5, 0.6) is 11.6 Å². The molecule has 1 fully saturated rings. The van der Waals surface area contributed by atoms with Crippen LogP contribution in [-0.4, -0.2) is 50.9 Å². The van der Waals surface area contributed by atoms with E-state index in [-0.39, 0.29) is 17.6 Å². The quantitative estimate of drug-likeness (QED) is 0.254. The van der Waals surface area contributed by atoms with E-state index in [2.05, 4.69) is 10.1 Å². The van der Waals surface area contributed by atoms with Crippen LogP contribution in [0.4, 0.5) is 10.1 Å². The Balaban J connectivity index is 1.08. The predicted octanol–water partition coefficient (Wildman–Crippen LogP) is 6.15. The Labute approximate surface area is 245 Å². The maximum atomic E-state index is 14.5. The number of benzene rings is 2. The normalized spacial score (nSPS) is 15.7. The van der Waals surface area contributed by atoms with Crippen molar-refractivity contribution >= 4 is 34.6 Å². The molecule has 42 heavy (non-hydrogen) atoms. The second kappa shape index (κ2) is 10.3. The Hall–Kier alpha value is -4.76. The highest BCUT2D eigenvalue weighted by Crippen LogP contribution is 2.48. The Kier molecular flexibility index (Phi) is 6.39. The van der Waals surface area contributed by atoms with Crippen LogP contribution in [0.25, 0.3) is 5.52 Å². The molecule has 0 N–H and O–H groups in total. The van der Waals surface area contributed by atoms with Crippen LogP contribution in [-0.2, 0) is 5.41 Å². The van der Waals surface area contributed by atoms with Crippen molar-refractivity contribution in [2.75, 3.05) is 24.5 Å². The minimum absolute atomic E-state index is 0.0854. The van der Waals surface area contributed by atoms with Crippen molar-refractivity contribution in [2.24, 2.45) is 0 Å². The van der Waals surface area contributed by atoms with Gasteiger partial charge in [0, 0.05) is 54.8 Å². The number of halogens is 2. The average Bonchev–Trinajstić information content (AvgIpc) is 3.58. The summed E-state index contributed by atoms with van der Waals surface area (Å²) in [6.07, 6.45) is 6.10. The van der Waals surface area contributed by atoms with Gasteiger partial charge in [0.05, 0.1) is 22.3 Å². The van der Waals surface area contributed by atoms with E-state index in [0.29, 0.717) is 71.5 Å². The van der Waals surface area contributed by atoms with Crippen LogP contribution >= 0.6 is 11.6 Å². The second-order valence-corrected chi connectivity index (χ2v) is 11.1. The highest BCUT2D eigenvalue weighted by molar-refractivity contribution is 6.30. The minimum Gasteiger partial charge on any atom is -0.439 e. The zero-order chi connectivity index (χ0) is 28.8. The van der Waals surface area contributed by atoms with Gasteiger partial charge < -0.3 is 14.5 Å². The van der Waals surface area contributed by atoms with Crippen molar-refractivity contribution in [1.82, 2.24) is 19.5 Å². The molecule has 2 aliphatic rings. The fourth-order valence-electron chi connectivity index (χ4n) is 6.02. The van der Waals surface area contributed by atoms with Crippen LogP contribution in [0, 0.1) is 5.82 Å². The number of fused-ring (bicyclic) bond motifs is 3. The van der Waals surface area contributed by atoms with E-state index in [9.17, 15) is 14.0 Å². The van der Waals surface area contributed by atoms with E-state index in [1.54, 1.807) is 70.3 Å². The largest absolute Gasteiger partial charge is 0.439 e. The number of amides is 2. The van der Waals surface area contributed by atoms with Crippen LogP contribution in [0.15, 0.2) is 91.4 Å². The summed E-state index contributed by atoms with van der Waals surface area (Å²) in [6.45, 7) is 1.39. The highest BCUT2D eigenvalue weighted by atomic mass is 35.5. The molecule has 5 heterocycles. The predicted molar refractivity (Wildman–Crippen MR) is 156 cm³/mol. The molecule has 3 aromatic heterocycles. The van der Waals surface area contributed by atoms with Crippen molar-refractivity contribution in [3.05, 3.63) is 119 Å². The van der Waals surface area contributed by atoms with Crippen molar-refractivity contribution < 1.29 is 18.7 Å². The molecule has 0 saturated carbocycles. The van der Waals surface area contributed by atoms with Gasteiger partial charge in [-0.1, -0.05) is 17.7 Å². The molecule has 2 amide bonds. The van der Waals surface area contributed by atoms with Gasteiger partial charge >= 0.3 is 0 Å². The lowest BCUT2D eigenvalue weighted by atomic mass is 9.74. The van der Waals surface area contributed by atoms with Gasteiger partial charge in [0.25, 0.3) is 11.8 Å². The zero-order valence-corrected chi connectivity index (χ0v) is 23.2. The van der Waals surface area contributed by atoms with E-state index in [0.717, 1.165) is 5.56 Å². The smallest absolute Gasteiger partial charge is 0.262 e. The van der Waals surface area contributed by atoms with Crippen molar-refractivity contribution in [3.63, 3.8) is 0 Å². The molecule has 5 aromatic rings. The van der Waals surface area contributed by atoms with Gasteiger partial charge in [0.1, 0.15) is 11.6 Å². The Morgan fingerprint density at radius 1 is 0.929 bits per heavy atom. The molecular weight excluding hydrogens is 557 g/mol. The first kappa shape index (κ1) is 26.2. The third kappa shape index (κ3) is 4.55. The first-order chi connectivity index (χ1) is 20.4. The Morgan fingerprint density at radius 3 is 2.50 bits per heavy atom. The SMILES string of the molecule is O=C(c1ccc(Oc2ccc(Cl)cn2)cc1)N1CCC2(CC1)CN(C(=O)c1cnn3ccccc13)c1ccc(F)cc12. The zero-order valence-electron chi connectivity index (χ0n) is 22.4. The number of carbonyl (C=O) groups excluding carboxylic acids is 2. The number of aromatic nitrogens is 3. The van der Waals surface area contributed by atoms with Crippen molar-refractivity contribution in [2.45, 2.75) is 18.3 Å². The molecule has 10 heteroatoms. The van der Waals surface area contributed by atoms with Crippen molar-refractivity contribution in [3.8, 4) is 11.6 Å². The fourth-order valence-corrected chi connectivity index (χ4v) is 6.14. The number of ether oxygens (including phenoxy) is 1. The lowest BCUT2D eigenvalue weighted by Crippen LogP contribution is -2.47. The number of pyridine rings is 2. The Morgan fingerprint density at radius 2 is 1.74 bits per heavy atom. The number of likely N-dealkylation sites (tertiary alicyclic amines) is 1. The molecule has 0 bridgehead atoms. The number of nitrogens with zero attached hydrogens (tertiary/aromatic N) is 5. The third-order valence-corrected chi connectivity index (χ3v) is 8.44. The molecular formula is C32H25ClFN5O3. The van der Waals surface area contributed by atoms with Crippen LogP contribution in [0.1, 0.15) is 39.1 Å². The van der Waals surface area contributed by atoms with Gasteiger partial charge in [0.2, 0.25) is 5.88 Å². The summed E-state index contributed by atoms with van der Waals surface area (Å²) in [7, 11) is 0. The summed E-state index contributed by atoms with van der Waals surface area (Å²) in [6, 6.07) is 20.5. The van der Waals surface area contributed by atoms with Crippen LogP contribution < -0.4 is 9.64 Å². The number of rotatable bonds is 4. The second-order valence-electron chi connectivity index (χ2n) is 10.7. The fraction of sp³-hybridized carbons (Fsp3) is 0.188. The van der Waals surface area contributed by atoms with E-state index in [4.69, 9.17) is 16.3 Å². The lowest BCUT2D eigenvalue weighted by molar-refractivity contribution is 0.0670. The van der Waals surface area contributed by atoms with Gasteiger partial charge in [0.15, 0.2) is 0 Å². The molecule has 0 aliphatic carbocycles. The molecule has 0 radical (unpaired) electrons. The van der Waals surface area contributed by atoms with E-state index >= 15 is 0 Å². The summed E-state index contributed by atoms with van der Waals surface area (Å²) >= 11 is 5.88. The first-order valence-electron chi connectivity index (χ1n) is 13.6. The summed E-state index contributed by atoms with van der Waals surface area (Å²) in [5.41, 5.74) is 2.84. The van der Waals surface area contributed by atoms with E-state index in [1.165, 1.54) is 12.3 Å². The number of carbonyl (C=O) groups is 2. The minimum atomic E-state index is -0.448. The lowest BCUT2D eigenvalue weighted by Gasteiger charge is -2.40. The van der Waals surface area contributed by atoms with Crippen LogP contribution in [0.2, 0.25) is 5.02 Å². The molecule has 210 valence electrons. The van der Waals surface area contributed by atoms with Gasteiger partial charge in [-0.25, -0.2) is 13.9 Å². The molecule has 0 atom stereocenters. The summed E-state index contributed by atoms with van der Waals surface area (Å²) < 4.78 is 21.9. The number of hydrogen-bond donors (Lipinski definition) is 0. The maximum Gasteiger partial charge on any atom is 0.262 e. The molecule has 2 aromatic carbocycles. The molecule has 1 spiro atoms. The topological polar surface area (TPSA) is 80.0 Å². The molecule has 7 rings (SSSR count).